The summed E-state index contributed by atoms with van der Waals surface area (Å²) in [6, 6.07) is 8.02. The number of nitrogens with zero attached hydrogens (tertiary/aromatic N) is 4. The van der Waals surface area contributed by atoms with Gasteiger partial charge in [0.15, 0.2) is 5.69 Å². The van der Waals surface area contributed by atoms with Gasteiger partial charge in [-0.15, -0.1) is 5.10 Å². The highest BCUT2D eigenvalue weighted by atomic mass is 19.1. The predicted molar refractivity (Wildman–Crippen MR) is 79.8 cm³/mol. The molecule has 1 aromatic heterocycles. The van der Waals surface area contributed by atoms with Gasteiger partial charge in [-0.05, 0) is 30.5 Å². The predicted octanol–water partition coefficient (Wildman–Crippen LogP) is 1.76. The quantitative estimate of drug-likeness (QED) is 0.935. The third-order valence-corrected chi connectivity index (χ3v) is 4.18. The lowest BCUT2D eigenvalue weighted by molar-refractivity contribution is -0.131. The van der Waals surface area contributed by atoms with Gasteiger partial charge in [0.1, 0.15) is 17.6 Å². The van der Waals surface area contributed by atoms with Gasteiger partial charge in [0.05, 0.1) is 6.42 Å². The van der Waals surface area contributed by atoms with Crippen LogP contribution in [0.2, 0.25) is 0 Å². The zero-order valence-electron chi connectivity index (χ0n) is 12.5. The number of hydrogen-bond acceptors (Lipinski definition) is 4. The molecule has 1 aliphatic rings. The molecule has 2 aromatic rings. The van der Waals surface area contributed by atoms with Crippen LogP contribution < -0.4 is 0 Å². The number of H-pyrrole nitrogens is 1. The summed E-state index contributed by atoms with van der Waals surface area (Å²) in [5, 5.41) is 19.4. The second kappa shape index (κ2) is 6.57. The zero-order valence-corrected chi connectivity index (χ0v) is 12.5. The molecule has 2 heterocycles. The summed E-state index contributed by atoms with van der Waals surface area (Å²) >= 11 is 0. The van der Waals surface area contributed by atoms with Crippen LogP contribution in [-0.4, -0.2) is 39.3 Å². The average Bonchev–Trinajstić information content (AvgIpc) is 3.06. The number of nitrogens with one attached hydrogen (secondary N) is 1. The Labute approximate surface area is 132 Å². The first-order chi connectivity index (χ1) is 11.2. The first kappa shape index (κ1) is 15.2. The van der Waals surface area contributed by atoms with Crippen LogP contribution >= 0.6 is 0 Å². The number of hydrogen-bond donors (Lipinski definition) is 1. The van der Waals surface area contributed by atoms with Gasteiger partial charge >= 0.3 is 0 Å². The van der Waals surface area contributed by atoms with Crippen molar-refractivity contribution in [3.8, 4) is 6.07 Å². The lowest BCUT2D eigenvalue weighted by Gasteiger charge is -2.31. The van der Waals surface area contributed by atoms with Crippen molar-refractivity contribution >= 4 is 5.91 Å². The Bertz CT molecular complexity index is 726. The summed E-state index contributed by atoms with van der Waals surface area (Å²) in [4.78, 5) is 14.1. The van der Waals surface area contributed by atoms with Gasteiger partial charge in [-0.1, -0.05) is 12.1 Å². The third kappa shape index (κ3) is 3.37. The summed E-state index contributed by atoms with van der Waals surface area (Å²) in [7, 11) is 0. The summed E-state index contributed by atoms with van der Waals surface area (Å²) in [6.07, 6.45) is 1.80. The van der Waals surface area contributed by atoms with E-state index in [0.29, 0.717) is 24.5 Å². The van der Waals surface area contributed by atoms with Crippen LogP contribution in [0, 0.1) is 17.1 Å². The number of likely N-dealkylation sites (tertiary alicyclic amines) is 1. The molecule has 0 atom stereocenters. The molecule has 3 rings (SSSR count). The topological polar surface area (TPSA) is 85.7 Å². The van der Waals surface area contributed by atoms with Crippen molar-refractivity contribution in [2.45, 2.75) is 25.2 Å². The lowest BCUT2D eigenvalue weighted by atomic mass is 9.92. The minimum absolute atomic E-state index is 0.0377. The van der Waals surface area contributed by atoms with Crippen LogP contribution in [0.25, 0.3) is 0 Å². The SMILES string of the molecule is N#Cc1n[nH]nc1C1CCN(C(=O)Cc2ccc(F)cc2)CC1. The molecule has 23 heavy (non-hydrogen) atoms. The number of carbonyl (C=O) groups is 1. The van der Waals surface area contributed by atoms with Gasteiger partial charge in [-0.25, -0.2) is 4.39 Å². The van der Waals surface area contributed by atoms with E-state index in [-0.39, 0.29) is 24.1 Å². The second-order valence-corrected chi connectivity index (χ2v) is 5.63. The first-order valence-electron chi connectivity index (χ1n) is 7.50. The molecule has 1 N–H and O–H groups in total. The molecule has 0 aliphatic carbocycles. The van der Waals surface area contributed by atoms with Gasteiger partial charge < -0.3 is 4.90 Å². The number of nitriles is 1. The van der Waals surface area contributed by atoms with E-state index >= 15 is 0 Å². The Morgan fingerprint density at radius 1 is 1.30 bits per heavy atom. The Balaban J connectivity index is 1.57. The van der Waals surface area contributed by atoms with E-state index in [0.717, 1.165) is 18.4 Å². The molecule has 0 radical (unpaired) electrons. The molecule has 1 aromatic carbocycles. The van der Waals surface area contributed by atoms with E-state index in [9.17, 15) is 9.18 Å². The first-order valence-corrected chi connectivity index (χ1v) is 7.50. The second-order valence-electron chi connectivity index (χ2n) is 5.63. The summed E-state index contributed by atoms with van der Waals surface area (Å²) in [5.41, 5.74) is 1.83. The van der Waals surface area contributed by atoms with Crippen molar-refractivity contribution in [2.75, 3.05) is 13.1 Å². The van der Waals surface area contributed by atoms with Crippen molar-refractivity contribution in [3.63, 3.8) is 0 Å². The maximum absolute atomic E-state index is 12.9. The van der Waals surface area contributed by atoms with Crippen LogP contribution in [0.15, 0.2) is 24.3 Å². The number of carbonyl (C=O) groups excluding carboxylic acids is 1. The minimum Gasteiger partial charge on any atom is -0.342 e. The fourth-order valence-corrected chi connectivity index (χ4v) is 2.90. The highest BCUT2D eigenvalue weighted by Crippen LogP contribution is 2.28. The highest BCUT2D eigenvalue weighted by Gasteiger charge is 2.27. The number of rotatable bonds is 3. The standard InChI is InChI=1S/C16H16FN5O/c17-13-3-1-11(2-4-13)9-15(23)22-7-5-12(6-8-22)16-14(10-18)19-21-20-16/h1-4,12H,5-9H2,(H,19,20,21). The zero-order chi connectivity index (χ0) is 16.2. The Hall–Kier alpha value is -2.75. The van der Waals surface area contributed by atoms with Crippen molar-refractivity contribution in [1.82, 2.24) is 20.3 Å². The average molecular weight is 313 g/mol. The summed E-state index contributed by atoms with van der Waals surface area (Å²) < 4.78 is 12.9. The number of aromatic amines is 1. The molecule has 118 valence electrons. The Morgan fingerprint density at radius 2 is 2.00 bits per heavy atom. The van der Waals surface area contributed by atoms with Crippen LogP contribution in [0.5, 0.6) is 0 Å². The molecule has 1 amide bonds. The molecule has 0 unspecified atom stereocenters. The monoisotopic (exact) mass is 313 g/mol. The van der Waals surface area contributed by atoms with E-state index < -0.39 is 0 Å². The van der Waals surface area contributed by atoms with E-state index in [1.165, 1.54) is 12.1 Å². The number of piperidine rings is 1. The molecular weight excluding hydrogens is 297 g/mol. The van der Waals surface area contributed by atoms with E-state index in [1.807, 2.05) is 11.0 Å². The van der Waals surface area contributed by atoms with Crippen molar-refractivity contribution in [3.05, 3.63) is 47.0 Å². The lowest BCUT2D eigenvalue weighted by Crippen LogP contribution is -2.39. The minimum atomic E-state index is -0.303. The normalized spacial score (nSPS) is 15.4. The van der Waals surface area contributed by atoms with E-state index in [1.54, 1.807) is 12.1 Å². The van der Waals surface area contributed by atoms with Crippen LogP contribution in [0.3, 0.4) is 0 Å². The third-order valence-electron chi connectivity index (χ3n) is 4.18. The van der Waals surface area contributed by atoms with Gasteiger partial charge in [0, 0.05) is 19.0 Å². The van der Waals surface area contributed by atoms with Crippen LogP contribution in [-0.2, 0) is 11.2 Å². The maximum Gasteiger partial charge on any atom is 0.226 e. The molecule has 1 saturated heterocycles. The number of aromatic nitrogens is 3. The molecule has 1 fully saturated rings. The largest absolute Gasteiger partial charge is 0.342 e. The smallest absolute Gasteiger partial charge is 0.226 e. The fraction of sp³-hybridized carbons (Fsp3) is 0.375. The molecule has 1 aliphatic heterocycles. The van der Waals surface area contributed by atoms with Crippen LogP contribution in [0.1, 0.15) is 35.7 Å². The number of benzene rings is 1. The highest BCUT2D eigenvalue weighted by molar-refractivity contribution is 5.78. The van der Waals surface area contributed by atoms with E-state index in [4.69, 9.17) is 5.26 Å². The number of amides is 1. The van der Waals surface area contributed by atoms with Crippen molar-refractivity contribution < 1.29 is 9.18 Å². The van der Waals surface area contributed by atoms with Crippen molar-refractivity contribution in [1.29, 1.82) is 5.26 Å². The molecular formula is C16H16FN5O. The molecule has 7 heteroatoms. The molecule has 6 nitrogen and oxygen atoms in total. The van der Waals surface area contributed by atoms with Gasteiger partial charge in [0.2, 0.25) is 5.91 Å². The van der Waals surface area contributed by atoms with Crippen LogP contribution in [0.4, 0.5) is 4.39 Å². The van der Waals surface area contributed by atoms with Gasteiger partial charge in [-0.3, -0.25) is 4.79 Å². The summed E-state index contributed by atoms with van der Waals surface area (Å²) in [6.45, 7) is 1.25. The maximum atomic E-state index is 12.9. The molecule has 0 spiro atoms. The fourth-order valence-electron chi connectivity index (χ4n) is 2.90. The molecule has 0 saturated carbocycles. The Kier molecular flexibility index (Phi) is 4.33. The van der Waals surface area contributed by atoms with E-state index in [2.05, 4.69) is 15.4 Å². The van der Waals surface area contributed by atoms with Crippen molar-refractivity contribution in [2.24, 2.45) is 0 Å². The number of halogens is 1. The van der Waals surface area contributed by atoms with Gasteiger partial charge in [0.25, 0.3) is 0 Å². The van der Waals surface area contributed by atoms with Gasteiger partial charge in [-0.2, -0.15) is 15.6 Å². The summed E-state index contributed by atoms with van der Waals surface area (Å²) in [5.74, 6) is -0.114. The Morgan fingerprint density at radius 3 is 2.65 bits per heavy atom. The molecule has 0 bridgehead atoms.